The number of pyridine rings is 1. The number of rotatable bonds is 7. The minimum atomic E-state index is -0.352. The second-order valence-electron chi connectivity index (χ2n) is 7.03. The lowest BCUT2D eigenvalue weighted by Crippen LogP contribution is -2.17. The molecule has 3 heterocycles. The first-order valence-corrected chi connectivity index (χ1v) is 12.5. The molecule has 0 spiro atoms. The second-order valence-corrected chi connectivity index (χ2v) is 9.85. The molecular weight excluding hydrogens is 450 g/mol. The SMILES string of the molecule is CSc1nc(C2CC2)cc(C(=O)Nc2nc(-c3ccc(CNC(C)=O)s3)cs2)c1C#N. The van der Waals surface area contributed by atoms with Crippen molar-refractivity contribution in [3.8, 4) is 16.6 Å². The molecule has 0 unspecified atom stereocenters. The van der Waals surface area contributed by atoms with Gasteiger partial charge in [-0.3, -0.25) is 14.9 Å². The zero-order valence-electron chi connectivity index (χ0n) is 16.9. The number of hydrogen-bond acceptors (Lipinski definition) is 8. The van der Waals surface area contributed by atoms with Crippen molar-refractivity contribution in [3.05, 3.63) is 45.3 Å². The molecule has 0 aliphatic heterocycles. The van der Waals surface area contributed by atoms with Crippen molar-refractivity contribution in [1.29, 1.82) is 5.26 Å². The molecule has 0 atom stereocenters. The summed E-state index contributed by atoms with van der Waals surface area (Å²) in [6.45, 7) is 1.97. The van der Waals surface area contributed by atoms with Crippen LogP contribution < -0.4 is 10.6 Å². The number of thiazole rings is 1. The zero-order chi connectivity index (χ0) is 22.0. The van der Waals surface area contributed by atoms with E-state index in [1.165, 1.54) is 30.0 Å². The topological polar surface area (TPSA) is 108 Å². The van der Waals surface area contributed by atoms with Crippen molar-refractivity contribution in [2.45, 2.75) is 37.3 Å². The number of carbonyl (C=O) groups excluding carboxylic acids is 2. The number of amides is 2. The van der Waals surface area contributed by atoms with Crippen LogP contribution in [-0.4, -0.2) is 28.0 Å². The molecule has 0 bridgehead atoms. The van der Waals surface area contributed by atoms with Gasteiger partial charge in [-0.2, -0.15) is 5.26 Å². The number of thioether (sulfide) groups is 1. The average molecular weight is 470 g/mol. The molecule has 158 valence electrons. The first-order valence-electron chi connectivity index (χ1n) is 9.58. The van der Waals surface area contributed by atoms with Gasteiger partial charge < -0.3 is 5.32 Å². The number of anilines is 1. The number of aromatic nitrogens is 2. The number of nitriles is 1. The van der Waals surface area contributed by atoms with Crippen molar-refractivity contribution < 1.29 is 9.59 Å². The standard InChI is InChI=1S/C21H19N5O2S3/c1-11(27)23-9-13-5-6-18(31-13)17-10-30-21(25-17)26-19(28)14-7-16(12-3-4-12)24-20(29-2)15(14)8-22/h5-7,10,12H,3-4,9H2,1-2H3,(H,23,27)(H,25,26,28). The Morgan fingerprint density at radius 3 is 2.81 bits per heavy atom. The Balaban J connectivity index is 1.53. The van der Waals surface area contributed by atoms with Crippen molar-refractivity contribution in [3.63, 3.8) is 0 Å². The normalized spacial score (nSPS) is 12.9. The van der Waals surface area contributed by atoms with Gasteiger partial charge in [-0.25, -0.2) is 9.97 Å². The van der Waals surface area contributed by atoms with E-state index in [4.69, 9.17) is 0 Å². The third-order valence-corrected chi connectivity index (χ3v) is 7.25. The second kappa shape index (κ2) is 9.18. The predicted octanol–water partition coefficient (Wildman–Crippen LogP) is 4.63. The van der Waals surface area contributed by atoms with Gasteiger partial charge in [0.05, 0.1) is 28.2 Å². The third kappa shape index (κ3) is 4.95. The third-order valence-electron chi connectivity index (χ3n) is 4.70. The summed E-state index contributed by atoms with van der Waals surface area (Å²) >= 11 is 4.25. The molecule has 1 saturated carbocycles. The lowest BCUT2D eigenvalue weighted by molar-refractivity contribution is -0.119. The summed E-state index contributed by atoms with van der Waals surface area (Å²) in [6.07, 6.45) is 3.98. The van der Waals surface area contributed by atoms with E-state index in [-0.39, 0.29) is 11.8 Å². The van der Waals surface area contributed by atoms with Crippen LogP contribution in [0.4, 0.5) is 5.13 Å². The number of thiophene rings is 1. The Labute approximate surface area is 191 Å². The van der Waals surface area contributed by atoms with E-state index in [9.17, 15) is 14.9 Å². The van der Waals surface area contributed by atoms with Gasteiger partial charge in [0.15, 0.2) is 5.13 Å². The molecule has 31 heavy (non-hydrogen) atoms. The fourth-order valence-corrected chi connectivity index (χ4v) is 5.24. The number of carbonyl (C=O) groups is 2. The molecule has 3 aromatic heterocycles. The van der Waals surface area contributed by atoms with Crippen LogP contribution in [0.1, 0.15) is 52.2 Å². The zero-order valence-corrected chi connectivity index (χ0v) is 19.3. The number of nitrogens with zero attached hydrogens (tertiary/aromatic N) is 3. The van der Waals surface area contributed by atoms with Gasteiger partial charge in [0.25, 0.3) is 5.91 Å². The largest absolute Gasteiger partial charge is 0.351 e. The van der Waals surface area contributed by atoms with E-state index in [0.717, 1.165) is 34.0 Å². The van der Waals surface area contributed by atoms with Crippen molar-refractivity contribution in [1.82, 2.24) is 15.3 Å². The molecule has 2 N–H and O–H groups in total. The van der Waals surface area contributed by atoms with Crippen LogP contribution in [0.15, 0.2) is 28.6 Å². The van der Waals surface area contributed by atoms with Gasteiger partial charge in [0.2, 0.25) is 5.91 Å². The van der Waals surface area contributed by atoms with Crippen molar-refractivity contribution in [2.24, 2.45) is 0 Å². The highest BCUT2D eigenvalue weighted by Gasteiger charge is 2.28. The minimum absolute atomic E-state index is 0.0732. The van der Waals surface area contributed by atoms with Crippen molar-refractivity contribution >= 4 is 51.4 Å². The first kappa shape index (κ1) is 21.5. The van der Waals surface area contributed by atoms with Crippen LogP contribution in [0, 0.1) is 11.3 Å². The predicted molar refractivity (Wildman–Crippen MR) is 124 cm³/mol. The van der Waals surface area contributed by atoms with E-state index in [2.05, 4.69) is 26.7 Å². The molecular formula is C21H19N5O2S3. The monoisotopic (exact) mass is 469 g/mol. The highest BCUT2D eigenvalue weighted by Crippen LogP contribution is 2.40. The summed E-state index contributed by atoms with van der Waals surface area (Å²) in [7, 11) is 0. The van der Waals surface area contributed by atoms with Crippen LogP contribution in [0.2, 0.25) is 0 Å². The summed E-state index contributed by atoms with van der Waals surface area (Å²) in [6, 6.07) is 7.78. The fraction of sp³-hybridized carbons (Fsp3) is 0.286. The van der Waals surface area contributed by atoms with Gasteiger partial charge in [0, 0.05) is 28.8 Å². The summed E-state index contributed by atoms with van der Waals surface area (Å²) < 4.78 is 0. The molecule has 1 fully saturated rings. The molecule has 3 aromatic rings. The van der Waals surface area contributed by atoms with Crippen LogP contribution in [-0.2, 0) is 11.3 Å². The Morgan fingerprint density at radius 2 is 2.13 bits per heavy atom. The summed E-state index contributed by atoms with van der Waals surface area (Å²) in [4.78, 5) is 35.1. The molecule has 0 radical (unpaired) electrons. The van der Waals surface area contributed by atoms with Gasteiger partial charge in [-0.05, 0) is 37.3 Å². The molecule has 0 saturated heterocycles. The van der Waals surface area contributed by atoms with Crippen LogP contribution in [0.3, 0.4) is 0 Å². The molecule has 1 aliphatic rings. The Kier molecular flexibility index (Phi) is 6.36. The lowest BCUT2D eigenvalue weighted by atomic mass is 10.1. The Morgan fingerprint density at radius 1 is 1.32 bits per heavy atom. The maximum Gasteiger partial charge on any atom is 0.258 e. The number of hydrogen-bond donors (Lipinski definition) is 2. The summed E-state index contributed by atoms with van der Waals surface area (Å²) in [5, 5.41) is 18.1. The average Bonchev–Trinajstić information content (AvgIpc) is 3.33. The molecule has 10 heteroatoms. The molecule has 2 amide bonds. The maximum absolute atomic E-state index is 13.0. The van der Waals surface area contributed by atoms with E-state index in [1.54, 1.807) is 17.4 Å². The maximum atomic E-state index is 13.0. The van der Waals surface area contributed by atoms with Gasteiger partial charge in [-0.15, -0.1) is 34.4 Å². The summed E-state index contributed by atoms with van der Waals surface area (Å²) in [5.41, 5.74) is 2.28. The van der Waals surface area contributed by atoms with Crippen LogP contribution in [0.25, 0.3) is 10.6 Å². The number of nitrogens with one attached hydrogen (secondary N) is 2. The Hall–Kier alpha value is -2.74. The quantitative estimate of drug-likeness (QED) is 0.489. The van der Waals surface area contributed by atoms with Crippen molar-refractivity contribution in [2.75, 3.05) is 11.6 Å². The van der Waals surface area contributed by atoms with Gasteiger partial charge in [0.1, 0.15) is 11.1 Å². The van der Waals surface area contributed by atoms with E-state index < -0.39 is 0 Å². The molecule has 1 aliphatic carbocycles. The van der Waals surface area contributed by atoms with Crippen LogP contribution >= 0.6 is 34.4 Å². The minimum Gasteiger partial charge on any atom is -0.351 e. The van der Waals surface area contributed by atoms with Gasteiger partial charge >= 0.3 is 0 Å². The molecule has 7 nitrogen and oxygen atoms in total. The lowest BCUT2D eigenvalue weighted by Gasteiger charge is -2.10. The first-order chi connectivity index (χ1) is 15.0. The highest BCUT2D eigenvalue weighted by atomic mass is 32.2. The summed E-state index contributed by atoms with van der Waals surface area (Å²) in [5.74, 6) is -0.0484. The smallest absolute Gasteiger partial charge is 0.258 e. The van der Waals surface area contributed by atoms with E-state index >= 15 is 0 Å². The highest BCUT2D eigenvalue weighted by molar-refractivity contribution is 7.98. The van der Waals surface area contributed by atoms with Gasteiger partial charge in [-0.1, -0.05) is 0 Å². The van der Waals surface area contributed by atoms with E-state index in [1.807, 2.05) is 23.8 Å². The Bertz CT molecular complexity index is 1190. The fourth-order valence-electron chi connectivity index (χ4n) is 2.99. The molecule has 0 aromatic carbocycles. The molecule has 4 rings (SSSR count). The van der Waals surface area contributed by atoms with Crippen LogP contribution in [0.5, 0.6) is 0 Å². The van der Waals surface area contributed by atoms with E-state index in [0.29, 0.717) is 33.7 Å².